The zero-order valence-corrected chi connectivity index (χ0v) is 16.3. The number of hydrogen-bond acceptors (Lipinski definition) is 3. The summed E-state index contributed by atoms with van der Waals surface area (Å²) in [5, 5.41) is 1.92. The molecule has 0 aliphatic heterocycles. The minimum atomic E-state index is -0.000326. The fourth-order valence-electron chi connectivity index (χ4n) is 3.33. The van der Waals surface area contributed by atoms with E-state index < -0.39 is 0 Å². The van der Waals surface area contributed by atoms with Crippen molar-refractivity contribution >= 4 is 16.7 Å². The summed E-state index contributed by atoms with van der Waals surface area (Å²) in [6, 6.07) is 18.0. The molecule has 0 aliphatic rings. The molecule has 0 unspecified atom stereocenters. The topological polar surface area (TPSA) is 38.8 Å². The molecule has 1 amide bonds. The molecule has 0 saturated carbocycles. The van der Waals surface area contributed by atoms with Gasteiger partial charge in [-0.2, -0.15) is 0 Å². The predicted octanol–water partition coefficient (Wildman–Crippen LogP) is 5.01. The first-order chi connectivity index (χ1) is 13.1. The Kier molecular flexibility index (Phi) is 5.65. The van der Waals surface area contributed by atoms with E-state index in [0.717, 1.165) is 27.6 Å². The second kappa shape index (κ2) is 8.12. The van der Waals surface area contributed by atoms with Crippen LogP contribution < -0.4 is 9.47 Å². The Morgan fingerprint density at radius 3 is 2.11 bits per heavy atom. The summed E-state index contributed by atoms with van der Waals surface area (Å²) in [5.74, 6) is 1.44. The van der Waals surface area contributed by atoms with Crippen molar-refractivity contribution in [2.24, 2.45) is 0 Å². The standard InChI is InChI=1S/C23H25NO3/c1-5-24(6-2)23(25)22-20-13-9-17(15-18(20)10-14-21(22)27-4)16-7-11-19(26-3)12-8-16/h7-15H,5-6H2,1-4H3. The van der Waals surface area contributed by atoms with Crippen molar-refractivity contribution in [1.29, 1.82) is 0 Å². The van der Waals surface area contributed by atoms with E-state index in [-0.39, 0.29) is 5.91 Å². The van der Waals surface area contributed by atoms with Gasteiger partial charge in [-0.25, -0.2) is 0 Å². The molecule has 3 rings (SSSR count). The van der Waals surface area contributed by atoms with Gasteiger partial charge in [0, 0.05) is 13.1 Å². The molecule has 3 aromatic carbocycles. The fraction of sp³-hybridized carbons (Fsp3) is 0.261. The molecular weight excluding hydrogens is 338 g/mol. The van der Waals surface area contributed by atoms with Gasteiger partial charge in [-0.15, -0.1) is 0 Å². The first-order valence-electron chi connectivity index (χ1n) is 9.17. The molecule has 0 heterocycles. The third kappa shape index (κ3) is 3.61. The molecule has 0 atom stereocenters. The number of carbonyl (C=O) groups excluding carboxylic acids is 1. The molecular formula is C23H25NO3. The minimum Gasteiger partial charge on any atom is -0.497 e. The van der Waals surface area contributed by atoms with E-state index in [1.165, 1.54) is 0 Å². The average Bonchev–Trinajstić information content (AvgIpc) is 2.73. The van der Waals surface area contributed by atoms with E-state index in [1.54, 1.807) is 14.2 Å². The van der Waals surface area contributed by atoms with E-state index >= 15 is 0 Å². The highest BCUT2D eigenvalue weighted by atomic mass is 16.5. The Balaban J connectivity index is 2.11. The van der Waals surface area contributed by atoms with E-state index in [9.17, 15) is 4.79 Å². The first kappa shape index (κ1) is 18.8. The third-order valence-electron chi connectivity index (χ3n) is 4.89. The molecule has 0 N–H and O–H groups in total. The molecule has 0 spiro atoms. The highest BCUT2D eigenvalue weighted by Crippen LogP contribution is 2.32. The normalized spacial score (nSPS) is 10.7. The number of hydrogen-bond donors (Lipinski definition) is 0. The SMILES string of the molecule is CCN(CC)C(=O)c1c(OC)ccc2cc(-c3ccc(OC)cc3)ccc12. The maximum Gasteiger partial charge on any atom is 0.258 e. The van der Waals surface area contributed by atoms with Crippen LogP contribution in [0.5, 0.6) is 11.5 Å². The molecule has 0 bridgehead atoms. The van der Waals surface area contributed by atoms with Crippen LogP contribution in [-0.4, -0.2) is 38.1 Å². The Morgan fingerprint density at radius 2 is 1.52 bits per heavy atom. The van der Waals surface area contributed by atoms with Crippen LogP contribution in [0.25, 0.3) is 21.9 Å². The van der Waals surface area contributed by atoms with E-state index in [4.69, 9.17) is 9.47 Å². The first-order valence-corrected chi connectivity index (χ1v) is 9.17. The van der Waals surface area contributed by atoms with E-state index in [2.05, 4.69) is 6.07 Å². The van der Waals surface area contributed by atoms with Crippen molar-refractivity contribution in [3.8, 4) is 22.6 Å². The van der Waals surface area contributed by atoms with Crippen LogP contribution in [0.1, 0.15) is 24.2 Å². The zero-order chi connectivity index (χ0) is 19.4. The summed E-state index contributed by atoms with van der Waals surface area (Å²) in [4.78, 5) is 14.9. The maximum absolute atomic E-state index is 13.1. The summed E-state index contributed by atoms with van der Waals surface area (Å²) in [5.41, 5.74) is 2.82. The number of carbonyl (C=O) groups is 1. The number of fused-ring (bicyclic) bond motifs is 1. The minimum absolute atomic E-state index is 0.000326. The Bertz CT molecular complexity index is 944. The molecule has 0 fully saturated rings. The molecule has 4 heteroatoms. The van der Waals surface area contributed by atoms with Crippen molar-refractivity contribution in [1.82, 2.24) is 4.90 Å². The summed E-state index contributed by atoms with van der Waals surface area (Å²) in [6.45, 7) is 5.30. The second-order valence-corrected chi connectivity index (χ2v) is 6.28. The highest BCUT2D eigenvalue weighted by Gasteiger charge is 2.20. The molecule has 0 aliphatic carbocycles. The van der Waals surface area contributed by atoms with Gasteiger partial charge in [0.2, 0.25) is 0 Å². The molecule has 3 aromatic rings. The molecule has 0 aromatic heterocycles. The quantitative estimate of drug-likeness (QED) is 0.618. The Hall–Kier alpha value is -3.01. The second-order valence-electron chi connectivity index (χ2n) is 6.28. The number of benzene rings is 3. The number of amides is 1. The number of ether oxygens (including phenoxy) is 2. The lowest BCUT2D eigenvalue weighted by Crippen LogP contribution is -2.30. The van der Waals surface area contributed by atoms with Crippen LogP contribution >= 0.6 is 0 Å². The van der Waals surface area contributed by atoms with Crippen LogP contribution in [0.3, 0.4) is 0 Å². The van der Waals surface area contributed by atoms with Gasteiger partial charge in [-0.05, 0) is 60.0 Å². The van der Waals surface area contributed by atoms with Gasteiger partial charge >= 0.3 is 0 Å². The van der Waals surface area contributed by atoms with Crippen LogP contribution in [0.4, 0.5) is 0 Å². The molecule has 4 nitrogen and oxygen atoms in total. The molecule has 0 saturated heterocycles. The van der Waals surface area contributed by atoms with Gasteiger partial charge in [-0.1, -0.05) is 30.3 Å². The predicted molar refractivity (Wildman–Crippen MR) is 110 cm³/mol. The van der Waals surface area contributed by atoms with Crippen LogP contribution in [0, 0.1) is 0 Å². The Labute approximate surface area is 160 Å². The lowest BCUT2D eigenvalue weighted by atomic mass is 9.97. The van der Waals surface area contributed by atoms with Gasteiger partial charge in [0.25, 0.3) is 5.91 Å². The Morgan fingerprint density at radius 1 is 0.852 bits per heavy atom. The molecule has 140 valence electrons. The number of rotatable bonds is 6. The van der Waals surface area contributed by atoms with Gasteiger partial charge in [-0.3, -0.25) is 4.79 Å². The van der Waals surface area contributed by atoms with E-state index in [0.29, 0.717) is 24.4 Å². The smallest absolute Gasteiger partial charge is 0.258 e. The maximum atomic E-state index is 13.1. The monoisotopic (exact) mass is 363 g/mol. The van der Waals surface area contributed by atoms with Crippen molar-refractivity contribution in [3.05, 3.63) is 60.2 Å². The van der Waals surface area contributed by atoms with Crippen LogP contribution in [0.15, 0.2) is 54.6 Å². The number of methoxy groups -OCH3 is 2. The number of nitrogens with zero attached hydrogens (tertiary/aromatic N) is 1. The van der Waals surface area contributed by atoms with Crippen molar-refractivity contribution in [3.63, 3.8) is 0 Å². The lowest BCUT2D eigenvalue weighted by molar-refractivity contribution is 0.0771. The third-order valence-corrected chi connectivity index (χ3v) is 4.89. The van der Waals surface area contributed by atoms with Gasteiger partial charge in [0.05, 0.1) is 19.8 Å². The van der Waals surface area contributed by atoms with Crippen molar-refractivity contribution in [2.45, 2.75) is 13.8 Å². The zero-order valence-electron chi connectivity index (χ0n) is 16.3. The average molecular weight is 363 g/mol. The largest absolute Gasteiger partial charge is 0.497 e. The van der Waals surface area contributed by atoms with Crippen LogP contribution in [-0.2, 0) is 0 Å². The molecule has 0 radical (unpaired) electrons. The van der Waals surface area contributed by atoms with Crippen molar-refractivity contribution < 1.29 is 14.3 Å². The summed E-state index contributed by atoms with van der Waals surface area (Å²) in [6.07, 6.45) is 0. The fourth-order valence-corrected chi connectivity index (χ4v) is 3.33. The summed E-state index contributed by atoms with van der Waals surface area (Å²) in [7, 11) is 3.26. The lowest BCUT2D eigenvalue weighted by Gasteiger charge is -2.21. The van der Waals surface area contributed by atoms with Crippen LogP contribution in [0.2, 0.25) is 0 Å². The van der Waals surface area contributed by atoms with Gasteiger partial charge in [0.15, 0.2) is 0 Å². The summed E-state index contributed by atoms with van der Waals surface area (Å²) < 4.78 is 10.7. The van der Waals surface area contributed by atoms with Gasteiger partial charge < -0.3 is 14.4 Å². The van der Waals surface area contributed by atoms with E-state index in [1.807, 2.05) is 67.3 Å². The molecule has 27 heavy (non-hydrogen) atoms. The van der Waals surface area contributed by atoms with Gasteiger partial charge in [0.1, 0.15) is 11.5 Å². The highest BCUT2D eigenvalue weighted by molar-refractivity contribution is 6.10. The summed E-state index contributed by atoms with van der Waals surface area (Å²) >= 11 is 0. The van der Waals surface area contributed by atoms with Crippen molar-refractivity contribution in [2.75, 3.05) is 27.3 Å².